The molecule has 0 aliphatic heterocycles. The third kappa shape index (κ3) is 2.09. The minimum Gasteiger partial charge on any atom is -0.427 e. The van der Waals surface area contributed by atoms with E-state index in [1.807, 2.05) is 60.7 Å². The van der Waals surface area contributed by atoms with Crippen LogP contribution in [0.25, 0.3) is 0 Å². The maximum Gasteiger partial charge on any atom is 0.225 e. The Kier molecular flexibility index (Phi) is 2.86. The quantitative estimate of drug-likeness (QED) is 0.696. The van der Waals surface area contributed by atoms with Gasteiger partial charge in [-0.1, -0.05) is 60.7 Å². The monoisotopic (exact) mass is 230 g/mol. The van der Waals surface area contributed by atoms with Crippen LogP contribution < -0.4 is 10.4 Å². The normalized spacial score (nSPS) is 11.5. The Balaban J connectivity index is 2.44. The molecule has 0 aliphatic rings. The highest BCUT2D eigenvalue weighted by molar-refractivity contribution is 7.27. The van der Waals surface area contributed by atoms with Crippen molar-refractivity contribution in [2.75, 3.05) is 0 Å². The molecule has 0 bridgehead atoms. The van der Waals surface area contributed by atoms with Crippen LogP contribution in [-0.4, -0.2) is 22.4 Å². The van der Waals surface area contributed by atoms with Crippen LogP contribution >= 0.6 is 0 Å². The van der Waals surface area contributed by atoms with Crippen LogP contribution in [0, 0.1) is 0 Å². The highest BCUT2D eigenvalue weighted by Crippen LogP contribution is 1.97. The zero-order valence-electron chi connectivity index (χ0n) is 8.72. The van der Waals surface area contributed by atoms with Crippen LogP contribution in [-0.2, 0) is 0 Å². The van der Waals surface area contributed by atoms with Crippen molar-refractivity contribution in [1.82, 2.24) is 0 Å². The molecular formula is C12H14OSi2. The SMILES string of the molecule is O[Si]([SiH3])(c1ccccc1)c1ccccc1. The molecule has 0 fully saturated rings. The molecule has 0 radical (unpaired) electrons. The van der Waals surface area contributed by atoms with Crippen molar-refractivity contribution in [2.45, 2.75) is 0 Å². The topological polar surface area (TPSA) is 20.2 Å². The van der Waals surface area contributed by atoms with Crippen LogP contribution in [0.2, 0.25) is 0 Å². The molecule has 0 aliphatic carbocycles. The van der Waals surface area contributed by atoms with Crippen molar-refractivity contribution in [3.63, 3.8) is 0 Å². The standard InChI is InChI=1S/C12H14OSi2/c13-15(14,11-7-3-1-4-8-11)12-9-5-2-6-10-12/h1-10,13H,14H3. The number of benzene rings is 2. The minimum absolute atomic E-state index is 0.818. The van der Waals surface area contributed by atoms with Gasteiger partial charge in [-0.15, -0.1) is 0 Å². The van der Waals surface area contributed by atoms with E-state index in [1.165, 1.54) is 0 Å². The second-order valence-electron chi connectivity index (χ2n) is 3.80. The molecule has 76 valence electrons. The highest BCUT2D eigenvalue weighted by atomic mass is 29.2. The molecule has 1 N–H and O–H groups in total. The zero-order chi connectivity index (χ0) is 10.7. The van der Waals surface area contributed by atoms with Gasteiger partial charge in [0.05, 0.1) is 0 Å². The molecular weight excluding hydrogens is 216 g/mol. The molecule has 0 unspecified atom stereocenters. The van der Waals surface area contributed by atoms with Gasteiger partial charge in [0.2, 0.25) is 7.83 Å². The Labute approximate surface area is 93.7 Å². The summed E-state index contributed by atoms with van der Waals surface area (Å²) in [7, 11) is -1.50. The molecule has 0 saturated carbocycles. The lowest BCUT2D eigenvalue weighted by molar-refractivity contribution is 0.591. The van der Waals surface area contributed by atoms with Crippen molar-refractivity contribution < 1.29 is 4.80 Å². The van der Waals surface area contributed by atoms with Gasteiger partial charge in [0.15, 0.2) is 0 Å². The van der Waals surface area contributed by atoms with E-state index in [1.54, 1.807) is 0 Å². The Morgan fingerprint density at radius 1 is 0.733 bits per heavy atom. The van der Waals surface area contributed by atoms with E-state index in [9.17, 15) is 4.80 Å². The lowest BCUT2D eigenvalue weighted by Gasteiger charge is -2.21. The van der Waals surface area contributed by atoms with Crippen molar-refractivity contribution in [3.8, 4) is 0 Å². The maximum absolute atomic E-state index is 10.7. The Bertz CT molecular complexity index is 384. The molecule has 2 aromatic rings. The van der Waals surface area contributed by atoms with Gasteiger partial charge >= 0.3 is 0 Å². The van der Waals surface area contributed by atoms with Gasteiger partial charge in [-0.3, -0.25) is 0 Å². The van der Waals surface area contributed by atoms with E-state index >= 15 is 0 Å². The van der Waals surface area contributed by atoms with Gasteiger partial charge in [0.1, 0.15) is 0 Å². The maximum atomic E-state index is 10.7. The van der Waals surface area contributed by atoms with E-state index in [-0.39, 0.29) is 0 Å². The lowest BCUT2D eigenvalue weighted by atomic mass is 10.4. The largest absolute Gasteiger partial charge is 0.427 e. The van der Waals surface area contributed by atoms with Gasteiger partial charge < -0.3 is 4.80 Å². The summed E-state index contributed by atoms with van der Waals surface area (Å²) in [5, 5.41) is 2.23. The summed E-state index contributed by atoms with van der Waals surface area (Å²) in [4.78, 5) is 10.7. The third-order valence-electron chi connectivity index (χ3n) is 2.67. The second-order valence-corrected chi connectivity index (χ2v) is 11.4. The predicted octanol–water partition coefficient (Wildman–Crippen LogP) is -0.399. The van der Waals surface area contributed by atoms with Crippen molar-refractivity contribution in [2.24, 2.45) is 0 Å². The molecule has 3 heteroatoms. The fraction of sp³-hybridized carbons (Fsp3) is 0. The lowest BCUT2D eigenvalue weighted by Crippen LogP contribution is -2.59. The van der Waals surface area contributed by atoms with Crippen LogP contribution in [0.4, 0.5) is 0 Å². The summed E-state index contributed by atoms with van der Waals surface area (Å²) >= 11 is 0. The Morgan fingerprint density at radius 3 is 1.40 bits per heavy atom. The van der Waals surface area contributed by atoms with E-state index in [0.717, 1.165) is 20.1 Å². The van der Waals surface area contributed by atoms with E-state index < -0.39 is 7.83 Å². The van der Waals surface area contributed by atoms with Crippen LogP contribution in [0.3, 0.4) is 0 Å². The fourth-order valence-electron chi connectivity index (χ4n) is 1.69. The van der Waals surface area contributed by atoms with Crippen molar-refractivity contribution in [1.29, 1.82) is 0 Å². The Morgan fingerprint density at radius 2 is 1.07 bits per heavy atom. The minimum atomic E-state index is -2.32. The van der Waals surface area contributed by atoms with E-state index in [0.29, 0.717) is 0 Å². The Hall–Kier alpha value is -1.17. The van der Waals surface area contributed by atoms with Crippen molar-refractivity contribution >= 4 is 28.0 Å². The summed E-state index contributed by atoms with van der Waals surface area (Å²) in [6.07, 6.45) is 0. The summed E-state index contributed by atoms with van der Waals surface area (Å²) in [6, 6.07) is 20.1. The highest BCUT2D eigenvalue weighted by Gasteiger charge is 2.28. The fourth-order valence-corrected chi connectivity index (χ4v) is 5.71. The first-order valence-corrected chi connectivity index (χ1v) is 10.5. The molecule has 1 nitrogen and oxygen atoms in total. The predicted molar refractivity (Wildman–Crippen MR) is 70.1 cm³/mol. The molecule has 0 spiro atoms. The average Bonchev–Trinajstić information content (AvgIpc) is 2.31. The molecule has 0 saturated heterocycles. The van der Waals surface area contributed by atoms with Gasteiger partial charge in [-0.25, -0.2) is 0 Å². The third-order valence-corrected chi connectivity index (χ3v) is 9.05. The molecule has 0 aromatic heterocycles. The first kappa shape index (κ1) is 10.4. The van der Waals surface area contributed by atoms with E-state index in [2.05, 4.69) is 0 Å². The summed E-state index contributed by atoms with van der Waals surface area (Å²) in [6.45, 7) is 0. The second kappa shape index (κ2) is 4.14. The van der Waals surface area contributed by atoms with Crippen molar-refractivity contribution in [3.05, 3.63) is 60.7 Å². The molecule has 0 atom stereocenters. The van der Waals surface area contributed by atoms with Gasteiger partial charge in [0, 0.05) is 9.76 Å². The van der Waals surface area contributed by atoms with Crippen LogP contribution in [0.15, 0.2) is 60.7 Å². The molecule has 0 heterocycles. The van der Waals surface area contributed by atoms with Crippen LogP contribution in [0.5, 0.6) is 0 Å². The molecule has 2 rings (SSSR count). The van der Waals surface area contributed by atoms with E-state index in [4.69, 9.17) is 0 Å². The molecule has 0 amide bonds. The molecule has 2 aromatic carbocycles. The van der Waals surface area contributed by atoms with Crippen LogP contribution in [0.1, 0.15) is 0 Å². The first-order valence-electron chi connectivity index (χ1n) is 5.04. The average molecular weight is 230 g/mol. The smallest absolute Gasteiger partial charge is 0.225 e. The summed E-state index contributed by atoms with van der Waals surface area (Å²) < 4.78 is 0. The van der Waals surface area contributed by atoms with Gasteiger partial charge in [-0.2, -0.15) is 0 Å². The number of rotatable bonds is 2. The zero-order valence-corrected chi connectivity index (χ0v) is 11.7. The first-order chi connectivity index (χ1) is 7.21. The van der Waals surface area contributed by atoms with Gasteiger partial charge in [-0.05, 0) is 10.4 Å². The molecule has 15 heavy (non-hydrogen) atoms. The summed E-state index contributed by atoms with van der Waals surface area (Å²) in [5.74, 6) is 0. The van der Waals surface area contributed by atoms with Gasteiger partial charge in [0.25, 0.3) is 0 Å². The number of hydrogen-bond acceptors (Lipinski definition) is 1. The summed E-state index contributed by atoms with van der Waals surface area (Å²) in [5.41, 5.74) is 0. The number of hydrogen-bond donors (Lipinski definition) is 1.